The Hall–Kier alpha value is -2.63. The van der Waals surface area contributed by atoms with Gasteiger partial charge in [0, 0.05) is 25.6 Å². The van der Waals surface area contributed by atoms with Crippen LogP contribution in [-0.2, 0) is 4.79 Å². The Bertz CT molecular complexity index is 934. The van der Waals surface area contributed by atoms with Gasteiger partial charge in [-0.2, -0.15) is 0 Å². The summed E-state index contributed by atoms with van der Waals surface area (Å²) in [5.41, 5.74) is 1.51. The fourth-order valence-corrected chi connectivity index (χ4v) is 4.82. The summed E-state index contributed by atoms with van der Waals surface area (Å²) in [6, 6.07) is 10.0. The molecule has 1 atom stereocenters. The van der Waals surface area contributed by atoms with Gasteiger partial charge in [0.15, 0.2) is 0 Å². The van der Waals surface area contributed by atoms with E-state index in [1.165, 1.54) is 0 Å². The van der Waals surface area contributed by atoms with Gasteiger partial charge < -0.3 is 15.5 Å². The van der Waals surface area contributed by atoms with Gasteiger partial charge >= 0.3 is 0 Å². The van der Waals surface area contributed by atoms with Gasteiger partial charge in [0.2, 0.25) is 5.91 Å². The van der Waals surface area contributed by atoms with Crippen molar-refractivity contribution in [3.8, 4) is 0 Å². The lowest BCUT2D eigenvalue weighted by Crippen LogP contribution is -2.42. The molecule has 0 aromatic heterocycles. The smallest absolute Gasteiger partial charge is 0.253 e. The Morgan fingerprint density at radius 1 is 1.03 bits per heavy atom. The van der Waals surface area contributed by atoms with Gasteiger partial charge in [-0.05, 0) is 56.9 Å². The molecule has 2 aliphatic rings. The van der Waals surface area contributed by atoms with E-state index in [9.17, 15) is 14.4 Å². The van der Waals surface area contributed by atoms with Gasteiger partial charge in [0.1, 0.15) is 11.4 Å². The third-order valence-corrected chi connectivity index (χ3v) is 6.75. The highest BCUT2D eigenvalue weighted by atomic mass is 16.2. The molecule has 2 N–H and O–H groups in total. The number of hydrogen-bond donors (Lipinski definition) is 2. The van der Waals surface area contributed by atoms with E-state index >= 15 is 0 Å². The van der Waals surface area contributed by atoms with Crippen LogP contribution in [0.2, 0.25) is 0 Å². The standard InChI is InChI=1S/C24H31N3O3/c1-16(18-7-3-2-4-8-18)26-24(30)19-11-9-17(10-12-19)15-25-20-21(23(29)22(20)28)27-13-5-6-14-27/h2-4,7-8,16-17,19,25H,5-6,9-15H2,1H3,(H,26,30). The summed E-state index contributed by atoms with van der Waals surface area (Å²) in [5.74, 6) is 0.617. The molecular formula is C24H31N3O3. The molecule has 1 saturated carbocycles. The highest BCUT2D eigenvalue weighted by Gasteiger charge is 2.30. The Morgan fingerprint density at radius 3 is 2.37 bits per heavy atom. The SMILES string of the molecule is CC(NC(=O)C1CCC(CNc2c(N3CCCC3)c(=O)c2=O)CC1)c1ccccc1. The molecule has 1 aliphatic carbocycles. The van der Waals surface area contributed by atoms with Gasteiger partial charge in [-0.1, -0.05) is 30.3 Å². The maximum Gasteiger partial charge on any atom is 0.253 e. The largest absolute Gasteiger partial charge is 0.380 e. The molecule has 1 saturated heterocycles. The molecule has 6 nitrogen and oxygen atoms in total. The first-order valence-electron chi connectivity index (χ1n) is 11.2. The van der Waals surface area contributed by atoms with Crippen LogP contribution in [0.4, 0.5) is 11.4 Å². The van der Waals surface area contributed by atoms with Crippen molar-refractivity contribution in [3.63, 3.8) is 0 Å². The first-order valence-corrected chi connectivity index (χ1v) is 11.2. The normalized spacial score (nSPS) is 22.8. The Kier molecular flexibility index (Phi) is 6.21. The van der Waals surface area contributed by atoms with Gasteiger partial charge in [0.05, 0.1) is 6.04 Å². The topological polar surface area (TPSA) is 78.5 Å². The van der Waals surface area contributed by atoms with E-state index in [4.69, 9.17) is 0 Å². The second-order valence-electron chi connectivity index (χ2n) is 8.82. The number of amides is 1. The van der Waals surface area contributed by atoms with Crippen molar-refractivity contribution < 1.29 is 4.79 Å². The zero-order chi connectivity index (χ0) is 21.1. The monoisotopic (exact) mass is 409 g/mol. The van der Waals surface area contributed by atoms with Crippen molar-refractivity contribution >= 4 is 17.3 Å². The minimum Gasteiger partial charge on any atom is -0.380 e. The third kappa shape index (κ3) is 4.27. The van der Waals surface area contributed by atoms with Crippen LogP contribution in [-0.4, -0.2) is 25.5 Å². The Balaban J connectivity index is 1.24. The molecule has 0 radical (unpaired) electrons. The van der Waals surface area contributed by atoms with Crippen molar-refractivity contribution in [3.05, 3.63) is 56.3 Å². The van der Waals surface area contributed by atoms with Crippen LogP contribution in [0.5, 0.6) is 0 Å². The number of carbonyl (C=O) groups is 1. The molecule has 4 rings (SSSR count). The number of rotatable bonds is 7. The molecule has 160 valence electrons. The molecule has 30 heavy (non-hydrogen) atoms. The molecule has 0 bridgehead atoms. The van der Waals surface area contributed by atoms with Crippen molar-refractivity contribution in [2.24, 2.45) is 11.8 Å². The highest BCUT2D eigenvalue weighted by molar-refractivity contribution is 5.79. The zero-order valence-electron chi connectivity index (χ0n) is 17.7. The van der Waals surface area contributed by atoms with Crippen LogP contribution in [0.25, 0.3) is 0 Å². The maximum absolute atomic E-state index is 12.7. The first-order chi connectivity index (χ1) is 14.5. The second-order valence-corrected chi connectivity index (χ2v) is 8.82. The molecule has 1 unspecified atom stereocenters. The summed E-state index contributed by atoms with van der Waals surface area (Å²) in [7, 11) is 0. The van der Waals surface area contributed by atoms with E-state index in [0.717, 1.165) is 57.2 Å². The minimum absolute atomic E-state index is 0.0104. The summed E-state index contributed by atoms with van der Waals surface area (Å²) in [4.78, 5) is 38.7. The van der Waals surface area contributed by atoms with Crippen molar-refractivity contribution in [2.75, 3.05) is 29.9 Å². The van der Waals surface area contributed by atoms with E-state index in [1.807, 2.05) is 42.2 Å². The predicted octanol–water partition coefficient (Wildman–Crippen LogP) is 2.98. The summed E-state index contributed by atoms with van der Waals surface area (Å²) < 4.78 is 0. The molecule has 1 aliphatic heterocycles. The number of benzene rings is 1. The average molecular weight is 410 g/mol. The van der Waals surface area contributed by atoms with E-state index in [0.29, 0.717) is 23.8 Å². The fourth-order valence-electron chi connectivity index (χ4n) is 4.82. The summed E-state index contributed by atoms with van der Waals surface area (Å²) in [6.45, 7) is 4.44. The predicted molar refractivity (Wildman–Crippen MR) is 120 cm³/mol. The Labute approximate surface area is 177 Å². The lowest BCUT2D eigenvalue weighted by molar-refractivity contribution is -0.126. The van der Waals surface area contributed by atoms with E-state index in [-0.39, 0.29) is 28.7 Å². The second kappa shape index (κ2) is 9.02. The summed E-state index contributed by atoms with van der Waals surface area (Å²) in [6.07, 6.45) is 5.80. The number of hydrogen-bond acceptors (Lipinski definition) is 5. The number of nitrogens with one attached hydrogen (secondary N) is 2. The van der Waals surface area contributed by atoms with Crippen LogP contribution >= 0.6 is 0 Å². The lowest BCUT2D eigenvalue weighted by atomic mass is 9.81. The maximum atomic E-state index is 12.7. The van der Waals surface area contributed by atoms with Crippen LogP contribution in [0, 0.1) is 11.8 Å². The molecule has 2 fully saturated rings. The summed E-state index contributed by atoms with van der Waals surface area (Å²) in [5, 5.41) is 6.41. The van der Waals surface area contributed by atoms with E-state index in [2.05, 4.69) is 10.6 Å². The average Bonchev–Trinajstić information content (AvgIpc) is 3.30. The number of anilines is 2. The zero-order valence-corrected chi connectivity index (χ0v) is 17.7. The van der Waals surface area contributed by atoms with Crippen LogP contribution in [0.15, 0.2) is 39.9 Å². The van der Waals surface area contributed by atoms with E-state index in [1.54, 1.807) is 0 Å². The van der Waals surface area contributed by atoms with Crippen molar-refractivity contribution in [2.45, 2.75) is 51.5 Å². The van der Waals surface area contributed by atoms with Crippen LogP contribution in [0.3, 0.4) is 0 Å². The molecule has 0 spiro atoms. The molecular weight excluding hydrogens is 378 g/mol. The number of nitrogens with zero attached hydrogens (tertiary/aromatic N) is 1. The van der Waals surface area contributed by atoms with E-state index < -0.39 is 0 Å². The van der Waals surface area contributed by atoms with Gasteiger partial charge in [0.25, 0.3) is 10.9 Å². The molecule has 2 aromatic carbocycles. The Morgan fingerprint density at radius 2 is 1.70 bits per heavy atom. The van der Waals surface area contributed by atoms with Crippen molar-refractivity contribution in [1.29, 1.82) is 0 Å². The van der Waals surface area contributed by atoms with Crippen LogP contribution < -0.4 is 26.4 Å². The fraction of sp³-hybridized carbons (Fsp3) is 0.542. The molecule has 2 aromatic rings. The van der Waals surface area contributed by atoms with Crippen LogP contribution in [0.1, 0.15) is 57.1 Å². The highest BCUT2D eigenvalue weighted by Crippen LogP contribution is 2.31. The third-order valence-electron chi connectivity index (χ3n) is 6.75. The minimum atomic E-state index is -0.375. The van der Waals surface area contributed by atoms with Gasteiger partial charge in [-0.3, -0.25) is 14.4 Å². The lowest BCUT2D eigenvalue weighted by Gasteiger charge is -2.30. The van der Waals surface area contributed by atoms with Gasteiger partial charge in [-0.15, -0.1) is 0 Å². The first kappa shape index (κ1) is 20.6. The van der Waals surface area contributed by atoms with Gasteiger partial charge in [-0.25, -0.2) is 0 Å². The van der Waals surface area contributed by atoms with Crippen molar-refractivity contribution in [1.82, 2.24) is 5.32 Å². The molecule has 6 heteroatoms. The molecule has 1 heterocycles. The quantitative estimate of drug-likeness (QED) is 0.688. The number of carbonyl (C=O) groups excluding carboxylic acids is 1. The molecule has 1 amide bonds. The summed E-state index contributed by atoms with van der Waals surface area (Å²) >= 11 is 0.